The third-order valence-electron chi connectivity index (χ3n) is 13.0. The quantitative estimate of drug-likeness (QED) is 0.162. The van der Waals surface area contributed by atoms with E-state index in [0.717, 1.165) is 99.3 Å². The van der Waals surface area contributed by atoms with Crippen LogP contribution in [0.2, 0.25) is 0 Å². The van der Waals surface area contributed by atoms with Gasteiger partial charge in [0.15, 0.2) is 22.3 Å². The molecule has 0 amide bonds. The lowest BCUT2D eigenvalue weighted by Gasteiger charge is -2.12. The molecule has 0 N–H and O–H groups in total. The average Bonchev–Trinajstić information content (AvgIpc) is 4.26. The first-order chi connectivity index (χ1) is 33.6. The van der Waals surface area contributed by atoms with Crippen LogP contribution in [0.4, 0.5) is 0 Å². The van der Waals surface area contributed by atoms with E-state index < -0.39 is 0 Å². The van der Waals surface area contributed by atoms with E-state index in [4.69, 9.17) is 37.6 Å². The zero-order valence-corrected chi connectivity index (χ0v) is 35.8. The van der Waals surface area contributed by atoms with Crippen LogP contribution in [-0.2, 0) is 0 Å². The molecule has 15 rings (SSSR count). The fraction of sp³-hybridized carbons (Fsp3) is 0. The van der Waals surface area contributed by atoms with Gasteiger partial charge in [-0.15, -0.1) is 0 Å². The molecule has 0 radical (unpaired) electrons. The Morgan fingerprint density at radius 3 is 0.897 bits per heavy atom. The van der Waals surface area contributed by atoms with E-state index >= 15 is 0 Å². The molecule has 0 saturated heterocycles. The third kappa shape index (κ3) is 5.51. The van der Waals surface area contributed by atoms with Crippen LogP contribution in [0, 0.1) is 0 Å². The van der Waals surface area contributed by atoms with Crippen LogP contribution >= 0.6 is 0 Å². The van der Waals surface area contributed by atoms with Gasteiger partial charge in [-0.3, -0.25) is 0 Å². The van der Waals surface area contributed by atoms with Crippen molar-refractivity contribution in [1.82, 2.24) is 29.1 Å². The Morgan fingerprint density at radius 1 is 0.279 bits per heavy atom. The highest BCUT2D eigenvalue weighted by atomic mass is 16.4. The smallest absolute Gasteiger partial charge is 0.227 e. The van der Waals surface area contributed by atoms with Crippen molar-refractivity contribution in [3.05, 3.63) is 194 Å². The minimum atomic E-state index is 0.508. The molecule has 0 saturated carbocycles. The van der Waals surface area contributed by atoms with Crippen molar-refractivity contribution in [3.63, 3.8) is 0 Å². The van der Waals surface area contributed by atoms with E-state index in [1.807, 2.05) is 109 Å². The summed E-state index contributed by atoms with van der Waals surface area (Å²) in [6.45, 7) is 0. The van der Waals surface area contributed by atoms with Crippen LogP contribution in [0.1, 0.15) is 0 Å². The highest BCUT2D eigenvalue weighted by molar-refractivity contribution is 6.29. The molecule has 0 spiro atoms. The predicted molar refractivity (Wildman–Crippen MR) is 267 cm³/mol. The Labute approximate surface area is 384 Å². The van der Waals surface area contributed by atoms with E-state index in [-0.39, 0.29) is 0 Å². The monoisotopic (exact) mass is 876 g/mol. The Kier molecular flexibility index (Phi) is 7.56. The molecule has 0 aliphatic heterocycles. The van der Waals surface area contributed by atoms with Gasteiger partial charge in [0.05, 0.1) is 22.1 Å². The molecule has 15 aromatic rings. The van der Waals surface area contributed by atoms with Crippen molar-refractivity contribution in [2.75, 3.05) is 0 Å². The number of aromatic nitrogens is 6. The molecular formula is C58H32N6O4. The molecule has 9 aromatic carbocycles. The first-order valence-electron chi connectivity index (χ1n) is 22.4. The molecule has 0 aliphatic rings. The molecule has 0 unspecified atom stereocenters. The Hall–Kier alpha value is -9.54. The second kappa shape index (κ2) is 14.0. The predicted octanol–water partition coefficient (Wildman–Crippen LogP) is 15.1. The molecule has 0 aliphatic carbocycles. The molecular weight excluding hydrogens is 845 g/mol. The van der Waals surface area contributed by atoms with Crippen molar-refractivity contribution in [2.45, 2.75) is 0 Å². The molecule has 318 valence electrons. The lowest BCUT2D eigenvalue weighted by Crippen LogP contribution is -1.97. The molecule has 6 heterocycles. The number of hydrogen-bond donors (Lipinski definition) is 0. The largest absolute Gasteiger partial charge is 0.436 e. The van der Waals surface area contributed by atoms with E-state index in [1.165, 1.54) is 0 Å². The van der Waals surface area contributed by atoms with Gasteiger partial charge in [-0.1, -0.05) is 84.9 Å². The van der Waals surface area contributed by atoms with Crippen LogP contribution in [0.25, 0.3) is 145 Å². The maximum absolute atomic E-state index is 6.41. The second-order valence-corrected chi connectivity index (χ2v) is 17.0. The van der Waals surface area contributed by atoms with Gasteiger partial charge in [-0.25, -0.2) is 19.9 Å². The minimum absolute atomic E-state index is 0.508. The van der Waals surface area contributed by atoms with Crippen molar-refractivity contribution in [3.8, 4) is 57.2 Å². The van der Waals surface area contributed by atoms with Crippen LogP contribution < -0.4 is 0 Å². The Morgan fingerprint density at radius 2 is 0.574 bits per heavy atom. The van der Waals surface area contributed by atoms with Crippen molar-refractivity contribution in [2.24, 2.45) is 0 Å². The summed E-state index contributed by atoms with van der Waals surface area (Å²) in [7, 11) is 0. The van der Waals surface area contributed by atoms with Crippen LogP contribution in [0.15, 0.2) is 212 Å². The van der Waals surface area contributed by atoms with Crippen molar-refractivity contribution < 1.29 is 17.7 Å². The summed E-state index contributed by atoms with van der Waals surface area (Å²) in [5.41, 5.74) is 15.2. The summed E-state index contributed by atoms with van der Waals surface area (Å²) in [4.78, 5) is 19.8. The highest BCUT2D eigenvalue weighted by Gasteiger charge is 2.24. The van der Waals surface area contributed by atoms with Crippen LogP contribution in [0.3, 0.4) is 0 Å². The zero-order chi connectivity index (χ0) is 44.5. The summed E-state index contributed by atoms with van der Waals surface area (Å²) >= 11 is 0. The number of hydrogen-bond acceptors (Lipinski definition) is 8. The van der Waals surface area contributed by atoms with E-state index in [0.29, 0.717) is 45.9 Å². The second-order valence-electron chi connectivity index (χ2n) is 17.0. The SMILES string of the molecule is c1ccc2oc(-c3cc(-c4nc5ccccc5o4)cc(-n4c5ccccc5c5c6c7ccccc7n(-c7cc(-c8nc9ccccc9o8)cc(-c8nc9ccccc9o8)c7)c6ccc54)c3)nc2c1. The topological polar surface area (TPSA) is 114 Å². The van der Waals surface area contributed by atoms with Crippen molar-refractivity contribution in [1.29, 1.82) is 0 Å². The molecule has 68 heavy (non-hydrogen) atoms. The number of nitrogens with zero attached hydrogens (tertiary/aromatic N) is 6. The maximum Gasteiger partial charge on any atom is 0.227 e. The van der Waals surface area contributed by atoms with E-state index in [2.05, 4.69) is 94.1 Å². The highest BCUT2D eigenvalue weighted by Crippen LogP contribution is 2.44. The summed E-state index contributed by atoms with van der Waals surface area (Å²) < 4.78 is 30.3. The van der Waals surface area contributed by atoms with Gasteiger partial charge < -0.3 is 26.8 Å². The van der Waals surface area contributed by atoms with Gasteiger partial charge >= 0.3 is 0 Å². The molecule has 0 atom stereocenters. The van der Waals surface area contributed by atoms with Gasteiger partial charge in [-0.05, 0) is 109 Å². The average molecular weight is 877 g/mol. The van der Waals surface area contributed by atoms with Gasteiger partial charge in [0.25, 0.3) is 0 Å². The first kappa shape index (κ1) is 36.8. The van der Waals surface area contributed by atoms with E-state index in [9.17, 15) is 0 Å². The third-order valence-corrected chi connectivity index (χ3v) is 13.0. The molecule has 10 heteroatoms. The van der Waals surface area contributed by atoms with Crippen LogP contribution in [0.5, 0.6) is 0 Å². The fourth-order valence-electron chi connectivity index (χ4n) is 10.0. The Balaban J connectivity index is 0.994. The van der Waals surface area contributed by atoms with Gasteiger partial charge in [0, 0.05) is 55.2 Å². The summed E-state index contributed by atoms with van der Waals surface area (Å²) in [6.07, 6.45) is 0. The normalized spacial score (nSPS) is 12.1. The molecule has 0 fully saturated rings. The minimum Gasteiger partial charge on any atom is -0.436 e. The summed E-state index contributed by atoms with van der Waals surface area (Å²) in [5, 5.41) is 4.47. The van der Waals surface area contributed by atoms with Gasteiger partial charge in [0.1, 0.15) is 22.1 Å². The summed E-state index contributed by atoms with van der Waals surface area (Å²) in [5.74, 6) is 2.03. The van der Waals surface area contributed by atoms with Gasteiger partial charge in [-0.2, -0.15) is 0 Å². The number of fused-ring (bicyclic) bond motifs is 11. The van der Waals surface area contributed by atoms with Gasteiger partial charge in [0.2, 0.25) is 23.6 Å². The molecule has 0 bridgehead atoms. The molecule has 6 aromatic heterocycles. The summed E-state index contributed by atoms with van der Waals surface area (Å²) in [6, 6.07) is 65.6. The van der Waals surface area contributed by atoms with E-state index in [1.54, 1.807) is 0 Å². The number of rotatable bonds is 6. The lowest BCUT2D eigenvalue weighted by molar-refractivity contribution is 0.616. The first-order valence-corrected chi connectivity index (χ1v) is 22.4. The number of benzene rings is 9. The Bertz CT molecular complexity index is 3940. The fourth-order valence-corrected chi connectivity index (χ4v) is 10.0. The maximum atomic E-state index is 6.41. The molecule has 10 nitrogen and oxygen atoms in total. The number of oxazole rings is 4. The van der Waals surface area contributed by atoms with Crippen molar-refractivity contribution >= 4 is 88.0 Å². The lowest BCUT2D eigenvalue weighted by atomic mass is 10.1. The standard InChI is InChI=1S/C58H32N6O4/c1-7-19-45-39(13-1)53-47(63(45)37-29-33(55-59-41-15-3-9-21-49(41)65-55)27-34(30-37)56-60-42-16-4-10-22-50(42)66-56)25-26-48-54(53)40-14-2-8-20-46(40)64(48)38-31-35(57-61-43-17-5-11-23-51(43)67-57)28-36(32-38)58-62-44-18-6-12-24-52(44)68-58/h1-32H. The van der Waals surface area contributed by atoms with Crippen LogP contribution in [-0.4, -0.2) is 29.1 Å². The zero-order valence-electron chi connectivity index (χ0n) is 35.8. The number of para-hydroxylation sites is 10.